The highest BCUT2D eigenvalue weighted by atomic mass is 32.2. The zero-order chi connectivity index (χ0) is 12.2. The van der Waals surface area contributed by atoms with E-state index in [4.69, 9.17) is 5.26 Å². The monoisotopic (exact) mass is 245 g/mol. The van der Waals surface area contributed by atoms with Gasteiger partial charge in [0, 0.05) is 12.5 Å². The lowest BCUT2D eigenvalue weighted by Crippen LogP contribution is -2.09. The summed E-state index contributed by atoms with van der Waals surface area (Å²) < 4.78 is 48.9. The van der Waals surface area contributed by atoms with E-state index in [0.29, 0.717) is 6.07 Å². The summed E-state index contributed by atoms with van der Waals surface area (Å²) >= 11 is 0. The Balaban J connectivity index is 2.95. The van der Waals surface area contributed by atoms with Crippen LogP contribution in [0, 0.1) is 23.0 Å². The molecule has 1 aromatic carbocycles. The van der Waals surface area contributed by atoms with Crippen molar-refractivity contribution < 1.29 is 17.2 Å². The molecule has 0 atom stereocenters. The van der Waals surface area contributed by atoms with Crippen LogP contribution < -0.4 is 0 Å². The van der Waals surface area contributed by atoms with Crippen molar-refractivity contribution in [2.24, 2.45) is 0 Å². The second-order valence-electron chi connectivity index (χ2n) is 3.16. The Morgan fingerprint density at radius 3 is 2.56 bits per heavy atom. The summed E-state index contributed by atoms with van der Waals surface area (Å²) in [6.45, 7) is 0. The maximum atomic E-state index is 13.2. The van der Waals surface area contributed by atoms with E-state index in [-0.39, 0.29) is 18.6 Å². The number of hydrogen-bond acceptors (Lipinski definition) is 3. The second-order valence-corrected chi connectivity index (χ2v) is 5.23. The zero-order valence-corrected chi connectivity index (χ0v) is 9.10. The van der Waals surface area contributed by atoms with Gasteiger partial charge in [0.2, 0.25) is 0 Å². The molecule has 16 heavy (non-hydrogen) atoms. The number of rotatable bonds is 4. The largest absolute Gasteiger partial charge is 0.224 e. The molecule has 0 aliphatic rings. The fourth-order valence-electron chi connectivity index (χ4n) is 1.18. The van der Waals surface area contributed by atoms with Gasteiger partial charge in [-0.25, -0.2) is 17.2 Å². The number of nitriles is 1. The quantitative estimate of drug-likeness (QED) is 0.602. The van der Waals surface area contributed by atoms with E-state index in [0.717, 1.165) is 12.1 Å². The average molecular weight is 245 g/mol. The van der Waals surface area contributed by atoms with E-state index in [2.05, 4.69) is 0 Å². The lowest BCUT2D eigenvalue weighted by atomic mass is 10.3. The van der Waals surface area contributed by atoms with Gasteiger partial charge in [0.15, 0.2) is 9.84 Å². The van der Waals surface area contributed by atoms with Crippen LogP contribution in [-0.2, 0) is 9.84 Å². The molecule has 0 fully saturated rings. The topological polar surface area (TPSA) is 57.9 Å². The number of nitrogens with zero attached hydrogens (tertiary/aromatic N) is 1. The van der Waals surface area contributed by atoms with Crippen molar-refractivity contribution in [1.29, 1.82) is 5.26 Å². The summed E-state index contributed by atoms with van der Waals surface area (Å²) in [5.74, 6) is -2.24. The van der Waals surface area contributed by atoms with Crippen LogP contribution in [0.5, 0.6) is 0 Å². The molecule has 0 amide bonds. The lowest BCUT2D eigenvalue weighted by molar-refractivity contribution is 0.548. The van der Waals surface area contributed by atoms with Gasteiger partial charge in [-0.1, -0.05) is 0 Å². The van der Waals surface area contributed by atoms with Crippen molar-refractivity contribution in [1.82, 2.24) is 0 Å². The third-order valence-corrected chi connectivity index (χ3v) is 3.76. The Morgan fingerprint density at radius 2 is 2.00 bits per heavy atom. The van der Waals surface area contributed by atoms with E-state index in [9.17, 15) is 17.2 Å². The highest BCUT2D eigenvalue weighted by Crippen LogP contribution is 2.17. The molecular formula is C10H9F2NO2S. The minimum absolute atomic E-state index is 0.0854. The maximum absolute atomic E-state index is 13.2. The SMILES string of the molecule is N#CCCCS(=O)(=O)c1ccc(F)cc1F. The minimum atomic E-state index is -3.77. The molecule has 0 N–H and O–H groups in total. The molecule has 0 bridgehead atoms. The number of hydrogen-bond donors (Lipinski definition) is 0. The van der Waals surface area contributed by atoms with Gasteiger partial charge in [0.25, 0.3) is 0 Å². The average Bonchev–Trinajstić information content (AvgIpc) is 2.17. The van der Waals surface area contributed by atoms with Gasteiger partial charge in [-0.15, -0.1) is 0 Å². The van der Waals surface area contributed by atoms with E-state index in [1.54, 1.807) is 6.07 Å². The van der Waals surface area contributed by atoms with Crippen LogP contribution in [-0.4, -0.2) is 14.2 Å². The molecule has 1 aromatic rings. The molecule has 86 valence electrons. The first kappa shape index (κ1) is 12.6. The predicted octanol–water partition coefficient (Wildman–Crippen LogP) is 2.04. The van der Waals surface area contributed by atoms with Crippen LogP contribution in [0.3, 0.4) is 0 Å². The van der Waals surface area contributed by atoms with Crippen LogP contribution in [0.4, 0.5) is 8.78 Å². The standard InChI is InChI=1S/C10H9F2NO2S/c11-8-3-4-10(9(12)7-8)16(14,15)6-2-1-5-13/h3-4,7H,1-2,6H2. The number of benzene rings is 1. The highest BCUT2D eigenvalue weighted by molar-refractivity contribution is 7.91. The van der Waals surface area contributed by atoms with E-state index >= 15 is 0 Å². The molecule has 0 radical (unpaired) electrons. The highest BCUT2D eigenvalue weighted by Gasteiger charge is 2.18. The molecule has 0 spiro atoms. The van der Waals surface area contributed by atoms with Crippen molar-refractivity contribution in [2.45, 2.75) is 17.7 Å². The Bertz CT molecular complexity index is 520. The summed E-state index contributed by atoms with van der Waals surface area (Å²) in [5, 5.41) is 8.26. The van der Waals surface area contributed by atoms with Crippen molar-refractivity contribution in [3.63, 3.8) is 0 Å². The second kappa shape index (κ2) is 5.03. The van der Waals surface area contributed by atoms with Gasteiger partial charge in [0.1, 0.15) is 16.5 Å². The molecule has 0 aromatic heterocycles. The molecule has 0 aliphatic heterocycles. The first-order valence-electron chi connectivity index (χ1n) is 4.52. The Labute approximate surface area is 92.2 Å². The zero-order valence-electron chi connectivity index (χ0n) is 8.28. The van der Waals surface area contributed by atoms with Crippen molar-refractivity contribution in [2.75, 3.05) is 5.75 Å². The minimum Gasteiger partial charge on any atom is -0.224 e. The first-order chi connectivity index (χ1) is 7.47. The van der Waals surface area contributed by atoms with Crippen molar-refractivity contribution >= 4 is 9.84 Å². The van der Waals surface area contributed by atoms with Gasteiger partial charge < -0.3 is 0 Å². The lowest BCUT2D eigenvalue weighted by Gasteiger charge is -2.04. The third kappa shape index (κ3) is 3.00. The summed E-state index contributed by atoms with van der Waals surface area (Å²) in [6.07, 6.45) is 0.220. The normalized spacial score (nSPS) is 11.1. The Kier molecular flexibility index (Phi) is 3.96. The molecule has 1 rings (SSSR count). The van der Waals surface area contributed by atoms with Crippen molar-refractivity contribution in [3.05, 3.63) is 29.8 Å². The maximum Gasteiger partial charge on any atom is 0.181 e. The van der Waals surface area contributed by atoms with Crippen LogP contribution in [0.25, 0.3) is 0 Å². The predicted molar refractivity (Wildman–Crippen MR) is 53.3 cm³/mol. The van der Waals surface area contributed by atoms with Crippen LogP contribution in [0.1, 0.15) is 12.8 Å². The molecule has 0 saturated carbocycles. The van der Waals surface area contributed by atoms with E-state index in [1.165, 1.54) is 0 Å². The molecular weight excluding hydrogens is 236 g/mol. The number of unbranched alkanes of at least 4 members (excludes halogenated alkanes) is 1. The van der Waals surface area contributed by atoms with Gasteiger partial charge >= 0.3 is 0 Å². The Hall–Kier alpha value is -1.48. The van der Waals surface area contributed by atoms with Gasteiger partial charge in [0.05, 0.1) is 11.8 Å². The van der Waals surface area contributed by atoms with Crippen molar-refractivity contribution in [3.8, 4) is 6.07 Å². The fraction of sp³-hybridized carbons (Fsp3) is 0.300. The summed E-state index contributed by atoms with van der Waals surface area (Å²) in [5.41, 5.74) is 0. The van der Waals surface area contributed by atoms with Crippen LogP contribution in [0.2, 0.25) is 0 Å². The molecule has 0 aliphatic carbocycles. The summed E-state index contributed by atoms with van der Waals surface area (Å²) in [6, 6.07) is 4.11. The van der Waals surface area contributed by atoms with Gasteiger partial charge in [-0.3, -0.25) is 0 Å². The van der Waals surface area contributed by atoms with Crippen LogP contribution in [0.15, 0.2) is 23.1 Å². The molecule has 0 saturated heterocycles. The molecule has 0 unspecified atom stereocenters. The smallest absolute Gasteiger partial charge is 0.181 e. The number of halogens is 2. The Morgan fingerprint density at radius 1 is 1.31 bits per heavy atom. The first-order valence-corrected chi connectivity index (χ1v) is 6.17. The number of sulfone groups is 1. The van der Waals surface area contributed by atoms with Gasteiger partial charge in [-0.05, 0) is 18.6 Å². The molecule has 3 nitrogen and oxygen atoms in total. The van der Waals surface area contributed by atoms with E-state index < -0.39 is 26.4 Å². The molecule has 0 heterocycles. The fourth-order valence-corrected chi connectivity index (χ4v) is 2.55. The third-order valence-electron chi connectivity index (χ3n) is 1.93. The van der Waals surface area contributed by atoms with Gasteiger partial charge in [-0.2, -0.15) is 5.26 Å². The molecule has 6 heteroatoms. The van der Waals surface area contributed by atoms with Crippen LogP contribution >= 0.6 is 0 Å². The summed E-state index contributed by atoms with van der Waals surface area (Å²) in [7, 11) is -3.77. The van der Waals surface area contributed by atoms with E-state index in [1.807, 2.05) is 0 Å². The summed E-state index contributed by atoms with van der Waals surface area (Å²) in [4.78, 5) is -0.521.